The zero-order valence-corrected chi connectivity index (χ0v) is 16.5. The summed E-state index contributed by atoms with van der Waals surface area (Å²) >= 11 is 0. The molecule has 0 radical (unpaired) electrons. The number of ether oxygens (including phenoxy) is 2. The quantitative estimate of drug-likeness (QED) is 0.642. The molecule has 2 aliphatic rings. The molecule has 0 aliphatic carbocycles. The van der Waals surface area contributed by atoms with Crippen LogP contribution in [0.4, 0.5) is 30.6 Å². The summed E-state index contributed by atoms with van der Waals surface area (Å²) in [5.41, 5.74) is -0.605. The zero-order chi connectivity index (χ0) is 22.9. The van der Waals surface area contributed by atoms with E-state index in [0.29, 0.717) is 26.3 Å². The van der Waals surface area contributed by atoms with Crippen LogP contribution in [0, 0.1) is 0 Å². The number of nitrogens with one attached hydrogen (secondary N) is 3. The Morgan fingerprint density at radius 3 is 2.72 bits per heavy atom. The van der Waals surface area contributed by atoms with Crippen molar-refractivity contribution in [1.82, 2.24) is 9.97 Å². The molecule has 32 heavy (non-hydrogen) atoms. The molecule has 10 nitrogen and oxygen atoms in total. The first-order valence-corrected chi connectivity index (χ1v) is 9.63. The van der Waals surface area contributed by atoms with Crippen LogP contribution in [0.15, 0.2) is 29.1 Å². The Bertz CT molecular complexity index is 1100. The Labute approximate surface area is 178 Å². The first-order valence-electron chi connectivity index (χ1n) is 9.63. The maximum absolute atomic E-state index is 12.8. The minimum absolute atomic E-state index is 0.0126. The molecule has 1 aromatic heterocycles. The molecule has 2 aromatic rings. The van der Waals surface area contributed by atoms with Crippen molar-refractivity contribution in [3.63, 3.8) is 0 Å². The number of amides is 2. The van der Waals surface area contributed by atoms with Gasteiger partial charge in [-0.1, -0.05) is 6.07 Å². The molecule has 3 N–H and O–H groups in total. The van der Waals surface area contributed by atoms with Gasteiger partial charge in [-0.25, -0.2) is 0 Å². The van der Waals surface area contributed by atoms with E-state index in [1.165, 1.54) is 12.1 Å². The number of alkyl halides is 3. The number of hydrogen-bond donors (Lipinski definition) is 3. The number of carbonyl (C=O) groups is 2. The highest BCUT2D eigenvalue weighted by Crippen LogP contribution is 2.31. The lowest BCUT2D eigenvalue weighted by Crippen LogP contribution is -2.41. The van der Waals surface area contributed by atoms with Gasteiger partial charge in [0.1, 0.15) is 11.6 Å². The fourth-order valence-corrected chi connectivity index (χ4v) is 3.51. The molecule has 4 rings (SSSR count). The Morgan fingerprint density at radius 2 is 2.00 bits per heavy atom. The number of halogens is 3. The smallest absolute Gasteiger partial charge is 0.406 e. The fraction of sp³-hybridized carbons (Fsp3) is 0.368. The fourth-order valence-electron chi connectivity index (χ4n) is 3.51. The molecule has 1 atom stereocenters. The minimum atomic E-state index is -4.89. The molecule has 1 fully saturated rings. The van der Waals surface area contributed by atoms with Gasteiger partial charge in [0.15, 0.2) is 0 Å². The highest BCUT2D eigenvalue weighted by Gasteiger charge is 2.35. The number of fused-ring (bicyclic) bond motifs is 1. The number of aromatic amines is 1. The van der Waals surface area contributed by atoms with E-state index in [-0.39, 0.29) is 29.4 Å². The van der Waals surface area contributed by atoms with Gasteiger partial charge in [-0.05, 0) is 12.1 Å². The van der Waals surface area contributed by atoms with Gasteiger partial charge in [-0.2, -0.15) is 4.98 Å². The van der Waals surface area contributed by atoms with Gasteiger partial charge >= 0.3 is 6.36 Å². The number of carbonyl (C=O) groups excluding carboxylic acids is 2. The lowest BCUT2D eigenvalue weighted by atomic mass is 9.92. The summed E-state index contributed by atoms with van der Waals surface area (Å²) in [5, 5.41) is 4.94. The third kappa shape index (κ3) is 4.82. The summed E-state index contributed by atoms with van der Waals surface area (Å²) in [4.78, 5) is 46.5. The summed E-state index contributed by atoms with van der Waals surface area (Å²) in [7, 11) is 0. The molecular weight excluding hydrogens is 435 g/mol. The monoisotopic (exact) mass is 453 g/mol. The van der Waals surface area contributed by atoms with Crippen LogP contribution in [0.3, 0.4) is 0 Å². The summed E-state index contributed by atoms with van der Waals surface area (Å²) < 4.78 is 46.4. The van der Waals surface area contributed by atoms with Gasteiger partial charge in [0.25, 0.3) is 5.56 Å². The van der Waals surface area contributed by atoms with E-state index < -0.39 is 35.4 Å². The predicted octanol–water partition coefficient (Wildman–Crippen LogP) is 1.57. The van der Waals surface area contributed by atoms with Crippen molar-refractivity contribution in [2.75, 3.05) is 41.8 Å². The minimum Gasteiger partial charge on any atom is -0.406 e. The van der Waals surface area contributed by atoms with Crippen LogP contribution in [0.25, 0.3) is 0 Å². The molecule has 1 aromatic carbocycles. The van der Waals surface area contributed by atoms with Gasteiger partial charge in [-0.15, -0.1) is 13.2 Å². The summed E-state index contributed by atoms with van der Waals surface area (Å²) in [6.07, 6.45) is -5.21. The SMILES string of the molecule is O=C1C[C@@H](C(=O)Nc2cccc(OC(F)(F)F)c2)c2c(nc(N3CCOCC3)[nH]c2=O)N1. The van der Waals surface area contributed by atoms with Crippen LogP contribution in [0.1, 0.15) is 17.9 Å². The third-order valence-electron chi connectivity index (χ3n) is 4.90. The molecule has 170 valence electrons. The van der Waals surface area contributed by atoms with Gasteiger partial charge in [0.2, 0.25) is 17.8 Å². The molecule has 0 spiro atoms. The predicted molar refractivity (Wildman–Crippen MR) is 106 cm³/mol. The normalized spacial score (nSPS) is 18.5. The van der Waals surface area contributed by atoms with E-state index in [1.54, 1.807) is 4.90 Å². The number of rotatable bonds is 4. The number of benzene rings is 1. The first kappa shape index (κ1) is 21.6. The molecule has 2 amide bonds. The van der Waals surface area contributed by atoms with Crippen molar-refractivity contribution >= 4 is 29.3 Å². The van der Waals surface area contributed by atoms with Gasteiger partial charge in [-0.3, -0.25) is 19.4 Å². The lowest BCUT2D eigenvalue weighted by molar-refractivity contribution is -0.274. The molecule has 0 bridgehead atoms. The Kier molecular flexibility index (Phi) is 5.74. The number of nitrogens with zero attached hydrogens (tertiary/aromatic N) is 2. The van der Waals surface area contributed by atoms with E-state index in [9.17, 15) is 27.6 Å². The molecule has 1 saturated heterocycles. The van der Waals surface area contributed by atoms with Crippen molar-refractivity contribution in [3.05, 3.63) is 40.2 Å². The van der Waals surface area contributed by atoms with Crippen LogP contribution in [0.5, 0.6) is 5.75 Å². The Hall–Kier alpha value is -3.61. The molecule has 13 heteroatoms. The van der Waals surface area contributed by atoms with E-state index in [4.69, 9.17) is 4.74 Å². The Morgan fingerprint density at radius 1 is 1.25 bits per heavy atom. The van der Waals surface area contributed by atoms with Crippen molar-refractivity contribution in [2.24, 2.45) is 0 Å². The molecule has 0 unspecified atom stereocenters. The van der Waals surface area contributed by atoms with Crippen LogP contribution in [0.2, 0.25) is 0 Å². The molecule has 2 aliphatic heterocycles. The average molecular weight is 453 g/mol. The number of aromatic nitrogens is 2. The highest BCUT2D eigenvalue weighted by molar-refractivity contribution is 6.04. The highest BCUT2D eigenvalue weighted by atomic mass is 19.4. The largest absolute Gasteiger partial charge is 0.573 e. The standard InChI is InChI=1S/C19H18F3N5O5/c20-19(21,22)32-11-3-1-2-10(8-11)23-16(29)12-9-13(28)24-15-14(12)17(30)26-18(25-15)27-4-6-31-7-5-27/h1-3,8,12H,4-7,9H2,(H,23,29)(H2,24,25,26,28,30)/t12-/m1/s1. The second kappa shape index (κ2) is 8.49. The Balaban J connectivity index is 1.59. The van der Waals surface area contributed by atoms with Crippen molar-refractivity contribution < 1.29 is 32.2 Å². The van der Waals surface area contributed by atoms with Gasteiger partial charge in [0.05, 0.1) is 24.7 Å². The van der Waals surface area contributed by atoms with Crippen molar-refractivity contribution in [2.45, 2.75) is 18.7 Å². The zero-order valence-electron chi connectivity index (χ0n) is 16.5. The topological polar surface area (TPSA) is 126 Å². The second-order valence-corrected chi connectivity index (χ2v) is 7.12. The molecular formula is C19H18F3N5O5. The number of morpholine rings is 1. The first-order chi connectivity index (χ1) is 15.2. The maximum Gasteiger partial charge on any atom is 0.573 e. The number of hydrogen-bond acceptors (Lipinski definition) is 7. The van der Waals surface area contributed by atoms with Crippen molar-refractivity contribution in [1.29, 1.82) is 0 Å². The summed E-state index contributed by atoms with van der Waals surface area (Å²) in [5.74, 6) is -2.74. The summed E-state index contributed by atoms with van der Waals surface area (Å²) in [6.45, 7) is 1.90. The van der Waals surface area contributed by atoms with E-state index >= 15 is 0 Å². The van der Waals surface area contributed by atoms with Gasteiger partial charge in [0, 0.05) is 31.3 Å². The van der Waals surface area contributed by atoms with E-state index in [1.807, 2.05) is 0 Å². The van der Waals surface area contributed by atoms with Gasteiger partial charge < -0.3 is 25.0 Å². The third-order valence-corrected chi connectivity index (χ3v) is 4.90. The lowest BCUT2D eigenvalue weighted by Gasteiger charge is -2.29. The molecule has 3 heterocycles. The number of anilines is 3. The molecule has 0 saturated carbocycles. The van der Waals surface area contributed by atoms with Crippen LogP contribution < -0.4 is 25.8 Å². The van der Waals surface area contributed by atoms with E-state index in [2.05, 4.69) is 25.3 Å². The maximum atomic E-state index is 12.8. The summed E-state index contributed by atoms with van der Waals surface area (Å²) in [6, 6.07) is 4.68. The van der Waals surface area contributed by atoms with Crippen LogP contribution in [-0.2, 0) is 14.3 Å². The number of H-pyrrole nitrogens is 1. The van der Waals surface area contributed by atoms with Crippen molar-refractivity contribution in [3.8, 4) is 5.75 Å². The second-order valence-electron chi connectivity index (χ2n) is 7.12. The van der Waals surface area contributed by atoms with Crippen LogP contribution in [-0.4, -0.2) is 54.4 Å². The van der Waals surface area contributed by atoms with E-state index in [0.717, 1.165) is 12.1 Å². The van der Waals surface area contributed by atoms with Crippen LogP contribution >= 0.6 is 0 Å². The average Bonchev–Trinajstić information content (AvgIpc) is 2.72.